The lowest BCUT2D eigenvalue weighted by Crippen LogP contribution is -2.07. The van der Waals surface area contributed by atoms with E-state index in [0.29, 0.717) is 17.7 Å². The highest BCUT2D eigenvalue weighted by Gasteiger charge is 2.32. The summed E-state index contributed by atoms with van der Waals surface area (Å²) in [6, 6.07) is 5.33. The molecule has 0 N–H and O–H groups in total. The van der Waals surface area contributed by atoms with Gasteiger partial charge in [0, 0.05) is 24.9 Å². The average molecular weight is 363 g/mol. The summed E-state index contributed by atoms with van der Waals surface area (Å²) in [6.07, 6.45) is -3.34. The SMILES string of the molecule is CC.COCCOc1cc(-c2ccc(C(F)(F)F)nc2)cc(Cl)n1. The van der Waals surface area contributed by atoms with E-state index in [1.807, 2.05) is 13.8 Å². The maximum atomic E-state index is 12.5. The number of nitrogens with zero attached hydrogens (tertiary/aromatic N) is 2. The molecule has 0 saturated carbocycles. The molecule has 0 aliphatic heterocycles. The van der Waals surface area contributed by atoms with Crippen LogP contribution < -0.4 is 4.74 Å². The topological polar surface area (TPSA) is 44.2 Å². The van der Waals surface area contributed by atoms with Crippen LogP contribution >= 0.6 is 11.6 Å². The van der Waals surface area contributed by atoms with E-state index in [-0.39, 0.29) is 17.6 Å². The normalized spacial score (nSPS) is 10.8. The van der Waals surface area contributed by atoms with E-state index >= 15 is 0 Å². The van der Waals surface area contributed by atoms with Crippen molar-refractivity contribution in [2.24, 2.45) is 0 Å². The third-order valence-corrected chi connectivity index (χ3v) is 2.89. The van der Waals surface area contributed by atoms with Gasteiger partial charge in [0.05, 0.1) is 6.61 Å². The van der Waals surface area contributed by atoms with Crippen LogP contribution in [0.25, 0.3) is 11.1 Å². The van der Waals surface area contributed by atoms with Crippen LogP contribution in [0.1, 0.15) is 19.5 Å². The number of halogens is 4. The monoisotopic (exact) mass is 362 g/mol. The molecule has 0 aromatic carbocycles. The van der Waals surface area contributed by atoms with Gasteiger partial charge in [-0.1, -0.05) is 31.5 Å². The number of rotatable bonds is 5. The van der Waals surface area contributed by atoms with Gasteiger partial charge in [-0.15, -0.1) is 0 Å². The van der Waals surface area contributed by atoms with E-state index in [4.69, 9.17) is 21.1 Å². The lowest BCUT2D eigenvalue weighted by molar-refractivity contribution is -0.141. The molecule has 132 valence electrons. The van der Waals surface area contributed by atoms with E-state index in [2.05, 4.69) is 9.97 Å². The van der Waals surface area contributed by atoms with Crippen molar-refractivity contribution in [3.63, 3.8) is 0 Å². The first kappa shape index (κ1) is 20.2. The van der Waals surface area contributed by atoms with Crippen molar-refractivity contribution < 1.29 is 22.6 Å². The van der Waals surface area contributed by atoms with Crippen molar-refractivity contribution >= 4 is 11.6 Å². The van der Waals surface area contributed by atoms with Gasteiger partial charge in [-0.3, -0.25) is 4.98 Å². The van der Waals surface area contributed by atoms with Gasteiger partial charge in [0.1, 0.15) is 17.5 Å². The van der Waals surface area contributed by atoms with Crippen molar-refractivity contribution in [3.8, 4) is 17.0 Å². The van der Waals surface area contributed by atoms with Gasteiger partial charge in [-0.2, -0.15) is 13.2 Å². The van der Waals surface area contributed by atoms with Crippen molar-refractivity contribution in [3.05, 3.63) is 41.3 Å². The lowest BCUT2D eigenvalue weighted by Gasteiger charge is -2.09. The Morgan fingerprint density at radius 2 is 1.79 bits per heavy atom. The summed E-state index contributed by atoms with van der Waals surface area (Å²) in [5.74, 6) is 0.263. The molecular formula is C16H18ClF3N2O2. The third-order valence-electron chi connectivity index (χ3n) is 2.70. The van der Waals surface area contributed by atoms with E-state index in [0.717, 1.165) is 12.3 Å². The van der Waals surface area contributed by atoms with Crippen molar-refractivity contribution in [2.75, 3.05) is 20.3 Å². The zero-order chi connectivity index (χ0) is 18.2. The summed E-state index contributed by atoms with van der Waals surface area (Å²) >= 11 is 5.89. The Hall–Kier alpha value is -1.86. The zero-order valence-electron chi connectivity index (χ0n) is 13.5. The summed E-state index contributed by atoms with van der Waals surface area (Å²) in [5.41, 5.74) is 0.0931. The largest absolute Gasteiger partial charge is 0.475 e. The predicted octanol–water partition coefficient (Wildman–Crippen LogP) is 4.87. The van der Waals surface area contributed by atoms with Crippen LogP contribution in [-0.2, 0) is 10.9 Å². The Morgan fingerprint density at radius 1 is 1.08 bits per heavy atom. The Bertz CT molecular complexity index is 634. The molecule has 0 bridgehead atoms. The highest BCUT2D eigenvalue weighted by molar-refractivity contribution is 6.29. The fourth-order valence-electron chi connectivity index (χ4n) is 1.68. The minimum atomic E-state index is -4.47. The molecule has 2 aromatic heterocycles. The molecule has 2 heterocycles. The van der Waals surface area contributed by atoms with Gasteiger partial charge >= 0.3 is 6.18 Å². The number of alkyl halides is 3. The Balaban J connectivity index is 0.00000139. The maximum Gasteiger partial charge on any atom is 0.433 e. The Kier molecular flexibility index (Phi) is 7.94. The van der Waals surface area contributed by atoms with E-state index in [1.54, 1.807) is 6.07 Å². The van der Waals surface area contributed by atoms with Gasteiger partial charge in [-0.25, -0.2) is 4.98 Å². The van der Waals surface area contributed by atoms with Gasteiger partial charge < -0.3 is 9.47 Å². The highest BCUT2D eigenvalue weighted by atomic mass is 35.5. The van der Waals surface area contributed by atoms with Crippen LogP contribution in [0.15, 0.2) is 30.5 Å². The number of aromatic nitrogens is 2. The third kappa shape index (κ3) is 5.98. The predicted molar refractivity (Wildman–Crippen MR) is 86.2 cm³/mol. The molecule has 0 aliphatic rings. The molecule has 0 atom stereocenters. The van der Waals surface area contributed by atoms with Crippen LogP contribution in [-0.4, -0.2) is 30.3 Å². The summed E-state index contributed by atoms with van der Waals surface area (Å²) in [7, 11) is 1.54. The summed E-state index contributed by atoms with van der Waals surface area (Å²) in [4.78, 5) is 7.39. The standard InChI is InChI=1S/C14H12ClF3N2O2.C2H6/c1-21-4-5-22-13-7-10(6-12(15)20-13)9-2-3-11(19-8-9)14(16,17)18;1-2/h2-3,6-8H,4-5H2,1H3;1-2H3. The molecule has 0 unspecified atom stereocenters. The minimum Gasteiger partial charge on any atom is -0.475 e. The van der Waals surface area contributed by atoms with E-state index in [1.165, 1.54) is 19.2 Å². The summed E-state index contributed by atoms with van der Waals surface area (Å²) in [6.45, 7) is 4.67. The molecule has 0 spiro atoms. The highest BCUT2D eigenvalue weighted by Crippen LogP contribution is 2.30. The molecule has 8 heteroatoms. The van der Waals surface area contributed by atoms with Crippen molar-refractivity contribution in [2.45, 2.75) is 20.0 Å². The average Bonchev–Trinajstić information content (AvgIpc) is 2.56. The molecule has 4 nitrogen and oxygen atoms in total. The molecule has 0 amide bonds. The minimum absolute atomic E-state index is 0.171. The van der Waals surface area contributed by atoms with Crippen LogP contribution in [0.5, 0.6) is 5.88 Å². The fraction of sp³-hybridized carbons (Fsp3) is 0.375. The van der Waals surface area contributed by atoms with Crippen LogP contribution in [0.3, 0.4) is 0 Å². The molecular weight excluding hydrogens is 345 g/mol. The van der Waals surface area contributed by atoms with Crippen LogP contribution in [0, 0.1) is 0 Å². The second-order valence-corrected chi connectivity index (χ2v) is 4.68. The van der Waals surface area contributed by atoms with Gasteiger partial charge in [0.15, 0.2) is 0 Å². The van der Waals surface area contributed by atoms with Crippen LogP contribution in [0.4, 0.5) is 13.2 Å². The van der Waals surface area contributed by atoms with Crippen LogP contribution in [0.2, 0.25) is 5.15 Å². The van der Waals surface area contributed by atoms with Gasteiger partial charge in [0.2, 0.25) is 5.88 Å². The molecule has 2 aromatic rings. The van der Waals surface area contributed by atoms with Crippen molar-refractivity contribution in [1.82, 2.24) is 9.97 Å². The van der Waals surface area contributed by atoms with Gasteiger partial charge in [-0.05, 0) is 17.7 Å². The van der Waals surface area contributed by atoms with Gasteiger partial charge in [0.25, 0.3) is 0 Å². The first-order chi connectivity index (χ1) is 11.4. The quantitative estimate of drug-likeness (QED) is 0.562. The second-order valence-electron chi connectivity index (χ2n) is 4.29. The molecule has 0 radical (unpaired) electrons. The smallest absolute Gasteiger partial charge is 0.433 e. The lowest BCUT2D eigenvalue weighted by atomic mass is 10.1. The summed E-state index contributed by atoms with van der Waals surface area (Å²) < 4.78 is 47.7. The van der Waals surface area contributed by atoms with E-state index < -0.39 is 11.9 Å². The molecule has 0 aliphatic carbocycles. The molecule has 24 heavy (non-hydrogen) atoms. The zero-order valence-corrected chi connectivity index (χ0v) is 14.3. The Morgan fingerprint density at radius 3 is 2.33 bits per heavy atom. The fourth-order valence-corrected chi connectivity index (χ4v) is 1.88. The molecule has 0 saturated heterocycles. The number of hydrogen-bond donors (Lipinski definition) is 0. The number of ether oxygens (including phenoxy) is 2. The summed E-state index contributed by atoms with van der Waals surface area (Å²) in [5, 5.41) is 0.171. The maximum absolute atomic E-state index is 12.5. The van der Waals surface area contributed by atoms with E-state index in [9.17, 15) is 13.2 Å². The first-order valence-corrected chi connectivity index (χ1v) is 7.61. The second kappa shape index (κ2) is 9.44. The van der Waals surface area contributed by atoms with Crippen molar-refractivity contribution in [1.29, 1.82) is 0 Å². The molecule has 0 fully saturated rings. The number of hydrogen-bond acceptors (Lipinski definition) is 4. The molecule has 2 rings (SSSR count). The first-order valence-electron chi connectivity index (χ1n) is 7.23. The number of methoxy groups -OCH3 is 1. The number of pyridine rings is 2. The Labute approximate surface area is 143 Å².